The summed E-state index contributed by atoms with van der Waals surface area (Å²) in [5.74, 6) is -1.04. The monoisotopic (exact) mass is 371 g/mol. The maximum Gasteiger partial charge on any atom is 0.321 e. The largest absolute Gasteiger partial charge is 0.481 e. The number of anilines is 2. The van der Waals surface area contributed by atoms with Crippen molar-refractivity contribution in [2.45, 2.75) is 20.3 Å². The Bertz CT molecular complexity index is 877. The highest BCUT2D eigenvalue weighted by Crippen LogP contribution is 2.30. The number of nitrogens with zero attached hydrogens (tertiary/aromatic N) is 1. The number of rotatable bonds is 4. The van der Waals surface area contributed by atoms with Gasteiger partial charge >= 0.3 is 12.0 Å². The second-order valence-electron chi connectivity index (χ2n) is 6.93. The van der Waals surface area contributed by atoms with E-state index in [0.29, 0.717) is 24.3 Å². The van der Waals surface area contributed by atoms with Gasteiger partial charge in [0.15, 0.2) is 5.76 Å². The molecule has 0 saturated carbocycles. The van der Waals surface area contributed by atoms with Crippen LogP contribution in [0, 0.1) is 12.3 Å². The van der Waals surface area contributed by atoms with Crippen molar-refractivity contribution in [1.29, 1.82) is 0 Å². The van der Waals surface area contributed by atoms with Gasteiger partial charge in [-0.25, -0.2) is 4.79 Å². The summed E-state index contributed by atoms with van der Waals surface area (Å²) in [6.45, 7) is 4.02. The Morgan fingerprint density at radius 2 is 2.00 bits per heavy atom. The summed E-state index contributed by atoms with van der Waals surface area (Å²) in [4.78, 5) is 37.2. The molecule has 3 amide bonds. The number of carbonyl (C=O) groups is 3. The Morgan fingerprint density at radius 3 is 2.59 bits per heavy atom. The highest BCUT2D eigenvalue weighted by Gasteiger charge is 2.42. The van der Waals surface area contributed by atoms with Gasteiger partial charge in [-0.2, -0.15) is 0 Å². The van der Waals surface area contributed by atoms with Gasteiger partial charge in [0.05, 0.1) is 11.7 Å². The number of hydrogen-bond acceptors (Lipinski definition) is 4. The first-order valence-corrected chi connectivity index (χ1v) is 8.53. The van der Waals surface area contributed by atoms with E-state index < -0.39 is 11.4 Å². The number of benzene rings is 1. The van der Waals surface area contributed by atoms with Crippen LogP contribution in [-0.4, -0.2) is 41.0 Å². The van der Waals surface area contributed by atoms with Crippen LogP contribution in [0.3, 0.4) is 0 Å². The van der Waals surface area contributed by atoms with Gasteiger partial charge in [-0.3, -0.25) is 9.59 Å². The number of furan rings is 1. The number of aliphatic carboxylic acids is 1. The average molecular weight is 371 g/mol. The maximum absolute atomic E-state index is 12.4. The van der Waals surface area contributed by atoms with E-state index in [1.165, 1.54) is 11.2 Å². The zero-order chi connectivity index (χ0) is 19.6. The van der Waals surface area contributed by atoms with Crippen LogP contribution in [0.15, 0.2) is 41.0 Å². The van der Waals surface area contributed by atoms with Gasteiger partial charge in [0, 0.05) is 24.5 Å². The smallest absolute Gasteiger partial charge is 0.321 e. The van der Waals surface area contributed by atoms with Crippen molar-refractivity contribution < 1.29 is 23.9 Å². The third-order valence-electron chi connectivity index (χ3n) is 4.75. The predicted octanol–water partition coefficient (Wildman–Crippen LogP) is 3.17. The van der Waals surface area contributed by atoms with Crippen LogP contribution in [0.5, 0.6) is 0 Å². The molecule has 2 aromatic rings. The second kappa shape index (κ2) is 7.14. The second-order valence-corrected chi connectivity index (χ2v) is 6.93. The number of carboxylic acids is 1. The first-order valence-electron chi connectivity index (χ1n) is 8.53. The van der Waals surface area contributed by atoms with Crippen molar-refractivity contribution in [3.63, 3.8) is 0 Å². The van der Waals surface area contributed by atoms with Gasteiger partial charge in [0.1, 0.15) is 0 Å². The maximum atomic E-state index is 12.4. The van der Waals surface area contributed by atoms with E-state index in [1.54, 1.807) is 37.3 Å². The van der Waals surface area contributed by atoms with E-state index in [0.717, 1.165) is 5.56 Å². The molecule has 2 heterocycles. The molecule has 0 aliphatic carbocycles. The molecule has 1 unspecified atom stereocenters. The molecule has 1 saturated heterocycles. The minimum atomic E-state index is -0.909. The third-order valence-corrected chi connectivity index (χ3v) is 4.75. The van der Waals surface area contributed by atoms with Crippen LogP contribution in [0.2, 0.25) is 0 Å². The first kappa shape index (κ1) is 18.5. The van der Waals surface area contributed by atoms with Crippen molar-refractivity contribution in [3.8, 4) is 0 Å². The van der Waals surface area contributed by atoms with Crippen LogP contribution >= 0.6 is 0 Å². The normalized spacial score (nSPS) is 19.0. The minimum absolute atomic E-state index is 0.171. The van der Waals surface area contributed by atoms with Gasteiger partial charge in [0.25, 0.3) is 5.91 Å². The highest BCUT2D eigenvalue weighted by atomic mass is 16.4. The summed E-state index contributed by atoms with van der Waals surface area (Å²) in [7, 11) is 0. The molecule has 0 bridgehead atoms. The molecule has 1 aromatic carbocycles. The van der Waals surface area contributed by atoms with Crippen molar-refractivity contribution >= 4 is 29.3 Å². The summed E-state index contributed by atoms with van der Waals surface area (Å²) < 4.78 is 5.06. The summed E-state index contributed by atoms with van der Waals surface area (Å²) in [5.41, 5.74) is 1.03. The summed E-state index contributed by atoms with van der Waals surface area (Å²) in [6, 6.07) is 7.97. The summed E-state index contributed by atoms with van der Waals surface area (Å²) >= 11 is 0. The standard InChI is InChI=1S/C19H21N3O5/c1-12-10-13(5-6-14(12)21-16(23)15-4-3-9-27-15)20-18(26)22-8-7-19(2,11-22)17(24)25/h3-6,9-10H,7-8,11H2,1-2H3,(H,20,26)(H,21,23)(H,24,25). The summed E-state index contributed by atoms with van der Waals surface area (Å²) in [5, 5.41) is 14.8. The number of nitrogens with one attached hydrogen (secondary N) is 2. The molecule has 3 rings (SSSR count). The minimum Gasteiger partial charge on any atom is -0.481 e. The number of urea groups is 1. The van der Waals surface area contributed by atoms with Crippen molar-refractivity contribution in [2.75, 3.05) is 23.7 Å². The molecule has 1 aliphatic rings. The van der Waals surface area contributed by atoms with Gasteiger partial charge in [0.2, 0.25) is 0 Å². The number of carboxylic acid groups (broad SMARTS) is 1. The van der Waals surface area contributed by atoms with Crippen molar-refractivity contribution in [2.24, 2.45) is 5.41 Å². The average Bonchev–Trinajstić information content (AvgIpc) is 3.27. The van der Waals surface area contributed by atoms with Crippen LogP contribution in [-0.2, 0) is 4.79 Å². The fraction of sp³-hybridized carbons (Fsp3) is 0.316. The predicted molar refractivity (Wildman–Crippen MR) is 98.8 cm³/mol. The van der Waals surface area contributed by atoms with E-state index >= 15 is 0 Å². The van der Waals surface area contributed by atoms with Crippen LogP contribution in [0.4, 0.5) is 16.2 Å². The molecule has 1 atom stereocenters. The highest BCUT2D eigenvalue weighted by molar-refractivity contribution is 6.03. The van der Waals surface area contributed by atoms with E-state index in [1.807, 2.05) is 6.92 Å². The number of likely N-dealkylation sites (tertiary alicyclic amines) is 1. The van der Waals surface area contributed by atoms with Crippen LogP contribution in [0.25, 0.3) is 0 Å². The van der Waals surface area contributed by atoms with Crippen LogP contribution < -0.4 is 10.6 Å². The lowest BCUT2D eigenvalue weighted by Crippen LogP contribution is -2.37. The Labute approximate surface area is 156 Å². The fourth-order valence-electron chi connectivity index (χ4n) is 2.98. The van der Waals surface area contributed by atoms with Crippen molar-refractivity contribution in [3.05, 3.63) is 47.9 Å². The molecule has 8 nitrogen and oxygen atoms in total. The Morgan fingerprint density at radius 1 is 1.22 bits per heavy atom. The van der Waals surface area contributed by atoms with Crippen LogP contribution in [0.1, 0.15) is 29.5 Å². The molecular weight excluding hydrogens is 350 g/mol. The Balaban J connectivity index is 1.63. The van der Waals surface area contributed by atoms with E-state index in [2.05, 4.69) is 10.6 Å². The lowest BCUT2D eigenvalue weighted by atomic mass is 9.90. The molecule has 0 spiro atoms. The van der Waals surface area contributed by atoms with Gasteiger partial charge in [-0.15, -0.1) is 0 Å². The van der Waals surface area contributed by atoms with Gasteiger partial charge < -0.3 is 25.1 Å². The van der Waals surface area contributed by atoms with Gasteiger partial charge in [-0.1, -0.05) is 0 Å². The fourth-order valence-corrected chi connectivity index (χ4v) is 2.98. The number of amides is 3. The molecule has 1 fully saturated rings. The lowest BCUT2D eigenvalue weighted by Gasteiger charge is -2.20. The third kappa shape index (κ3) is 3.94. The Hall–Kier alpha value is -3.29. The molecule has 1 aliphatic heterocycles. The summed E-state index contributed by atoms with van der Waals surface area (Å²) in [6.07, 6.45) is 1.85. The van der Waals surface area contributed by atoms with Gasteiger partial charge in [-0.05, 0) is 56.2 Å². The Kier molecular flexibility index (Phi) is 4.89. The zero-order valence-electron chi connectivity index (χ0n) is 15.1. The van der Waals surface area contributed by atoms with Crippen molar-refractivity contribution in [1.82, 2.24) is 4.90 Å². The topological polar surface area (TPSA) is 112 Å². The number of aryl methyl sites for hydroxylation is 1. The molecule has 3 N–H and O–H groups in total. The molecule has 1 aromatic heterocycles. The quantitative estimate of drug-likeness (QED) is 0.764. The molecule has 0 radical (unpaired) electrons. The van der Waals surface area contributed by atoms with E-state index in [-0.39, 0.29) is 24.2 Å². The van der Waals surface area contributed by atoms with E-state index in [9.17, 15) is 19.5 Å². The van der Waals surface area contributed by atoms with E-state index in [4.69, 9.17) is 4.42 Å². The molecule has 27 heavy (non-hydrogen) atoms. The zero-order valence-corrected chi connectivity index (χ0v) is 15.1. The lowest BCUT2D eigenvalue weighted by molar-refractivity contribution is -0.146. The number of carbonyl (C=O) groups excluding carboxylic acids is 2. The number of hydrogen-bond donors (Lipinski definition) is 3. The SMILES string of the molecule is Cc1cc(NC(=O)N2CCC(C)(C(=O)O)C2)ccc1NC(=O)c1ccco1. The molecule has 142 valence electrons. The molecule has 8 heteroatoms. The molecular formula is C19H21N3O5. The first-order chi connectivity index (χ1) is 12.8.